The summed E-state index contributed by atoms with van der Waals surface area (Å²) < 4.78 is 1.87. The highest BCUT2D eigenvalue weighted by Gasteiger charge is 2.16. The summed E-state index contributed by atoms with van der Waals surface area (Å²) in [7, 11) is 1.88. The first-order valence-corrected chi connectivity index (χ1v) is 8.03. The van der Waals surface area contributed by atoms with Gasteiger partial charge in [0, 0.05) is 12.6 Å². The Hall–Kier alpha value is -3.09. The van der Waals surface area contributed by atoms with Crippen LogP contribution in [0, 0.1) is 29.6 Å². The zero-order chi connectivity index (χ0) is 17.1. The van der Waals surface area contributed by atoms with Gasteiger partial charge in [-0.1, -0.05) is 29.8 Å². The predicted molar refractivity (Wildman–Crippen MR) is 91.2 cm³/mol. The fourth-order valence-electron chi connectivity index (χ4n) is 2.35. The molecule has 0 fully saturated rings. The third-order valence-corrected chi connectivity index (χ3v) is 4.74. The van der Waals surface area contributed by atoms with Crippen LogP contribution in [-0.4, -0.2) is 14.8 Å². The molecule has 0 radical (unpaired) electrons. The van der Waals surface area contributed by atoms with Crippen molar-refractivity contribution in [3.05, 3.63) is 59.2 Å². The fourth-order valence-corrected chi connectivity index (χ4v) is 3.29. The van der Waals surface area contributed by atoms with E-state index >= 15 is 0 Å². The summed E-state index contributed by atoms with van der Waals surface area (Å²) >= 11 is 1.28. The SMILES string of the molecule is Cc1cccc(-c2nnc(Sc3c(C#N)cccc3C#N)n2C)c1. The van der Waals surface area contributed by atoms with Gasteiger partial charge in [0.15, 0.2) is 11.0 Å². The molecule has 0 aliphatic carbocycles. The minimum atomic E-state index is 0.458. The molecule has 0 unspecified atom stereocenters. The monoisotopic (exact) mass is 331 g/mol. The third kappa shape index (κ3) is 2.88. The number of hydrogen-bond acceptors (Lipinski definition) is 5. The van der Waals surface area contributed by atoms with Crippen LogP contribution in [0.2, 0.25) is 0 Å². The van der Waals surface area contributed by atoms with Crippen molar-refractivity contribution in [3.8, 4) is 23.5 Å². The van der Waals surface area contributed by atoms with Crippen molar-refractivity contribution in [3.63, 3.8) is 0 Å². The van der Waals surface area contributed by atoms with E-state index < -0.39 is 0 Å². The molecule has 24 heavy (non-hydrogen) atoms. The van der Waals surface area contributed by atoms with E-state index in [1.54, 1.807) is 18.2 Å². The molecule has 2 aromatic carbocycles. The van der Waals surface area contributed by atoms with Crippen LogP contribution in [0.25, 0.3) is 11.4 Å². The lowest BCUT2D eigenvalue weighted by atomic mass is 10.1. The summed E-state index contributed by atoms with van der Waals surface area (Å²) in [6.07, 6.45) is 0. The van der Waals surface area contributed by atoms with Crippen LogP contribution in [0.1, 0.15) is 16.7 Å². The second-order valence-corrected chi connectivity index (χ2v) is 6.22. The molecule has 116 valence electrons. The molecule has 6 heteroatoms. The van der Waals surface area contributed by atoms with Crippen LogP contribution in [0.4, 0.5) is 0 Å². The molecule has 1 aromatic heterocycles. The van der Waals surface area contributed by atoms with Gasteiger partial charge in [0.1, 0.15) is 12.1 Å². The molecule has 1 heterocycles. The molecule has 0 saturated heterocycles. The Kier molecular flexibility index (Phi) is 4.33. The molecule has 0 aliphatic rings. The van der Waals surface area contributed by atoms with Crippen LogP contribution >= 0.6 is 11.8 Å². The van der Waals surface area contributed by atoms with E-state index in [0.29, 0.717) is 21.2 Å². The summed E-state index contributed by atoms with van der Waals surface area (Å²) in [5.41, 5.74) is 3.04. The maximum absolute atomic E-state index is 9.28. The van der Waals surface area contributed by atoms with E-state index in [9.17, 15) is 10.5 Å². The van der Waals surface area contributed by atoms with Gasteiger partial charge in [0.05, 0.1) is 16.0 Å². The quantitative estimate of drug-likeness (QED) is 0.731. The number of nitrogens with zero attached hydrogens (tertiary/aromatic N) is 5. The standard InChI is InChI=1S/C18H13N5S/c1-12-5-3-6-13(9-12)17-21-22-18(23(17)2)24-16-14(10-19)7-4-8-15(16)11-20/h3-9H,1-2H3. The van der Waals surface area contributed by atoms with Gasteiger partial charge in [-0.15, -0.1) is 10.2 Å². The molecule has 0 aliphatic heterocycles. The number of aromatic nitrogens is 3. The van der Waals surface area contributed by atoms with Crippen molar-refractivity contribution in [1.82, 2.24) is 14.8 Å². The van der Waals surface area contributed by atoms with Crippen molar-refractivity contribution in [2.75, 3.05) is 0 Å². The largest absolute Gasteiger partial charge is 0.305 e. The Labute approximate surface area is 144 Å². The van der Waals surface area contributed by atoms with Gasteiger partial charge in [0.2, 0.25) is 0 Å². The molecule has 5 nitrogen and oxygen atoms in total. The van der Waals surface area contributed by atoms with Gasteiger partial charge in [-0.05, 0) is 36.9 Å². The minimum Gasteiger partial charge on any atom is -0.305 e. The third-order valence-electron chi connectivity index (χ3n) is 3.56. The number of aryl methyl sites for hydroxylation is 1. The Morgan fingerprint density at radius 3 is 2.29 bits per heavy atom. The molecular weight excluding hydrogens is 318 g/mol. The number of hydrogen-bond donors (Lipinski definition) is 0. The predicted octanol–water partition coefficient (Wildman–Crippen LogP) is 3.69. The summed E-state index contributed by atoms with van der Waals surface area (Å²) in [6.45, 7) is 2.03. The zero-order valence-electron chi connectivity index (χ0n) is 13.2. The van der Waals surface area contributed by atoms with Crippen LogP contribution in [0.5, 0.6) is 0 Å². The lowest BCUT2D eigenvalue weighted by molar-refractivity contribution is 0.793. The topological polar surface area (TPSA) is 78.3 Å². The van der Waals surface area contributed by atoms with E-state index in [2.05, 4.69) is 22.3 Å². The van der Waals surface area contributed by atoms with Crippen molar-refractivity contribution in [1.29, 1.82) is 10.5 Å². The molecule has 3 aromatic rings. The second kappa shape index (κ2) is 6.57. The van der Waals surface area contributed by atoms with Crippen LogP contribution in [0.3, 0.4) is 0 Å². The molecular formula is C18H13N5S. The van der Waals surface area contributed by atoms with Gasteiger partial charge in [0.25, 0.3) is 0 Å². The van der Waals surface area contributed by atoms with E-state index in [-0.39, 0.29) is 0 Å². The minimum absolute atomic E-state index is 0.458. The summed E-state index contributed by atoms with van der Waals surface area (Å²) in [6, 6.07) is 17.4. The number of nitriles is 2. The highest BCUT2D eigenvalue weighted by atomic mass is 32.2. The van der Waals surface area contributed by atoms with E-state index in [1.807, 2.05) is 42.8 Å². The molecule has 0 bridgehead atoms. The van der Waals surface area contributed by atoms with Crippen molar-refractivity contribution < 1.29 is 0 Å². The first kappa shape index (κ1) is 15.8. The van der Waals surface area contributed by atoms with Crippen LogP contribution in [0.15, 0.2) is 52.5 Å². The molecule has 3 rings (SSSR count). The average molecular weight is 331 g/mol. The van der Waals surface area contributed by atoms with Crippen LogP contribution in [-0.2, 0) is 7.05 Å². The van der Waals surface area contributed by atoms with Crippen molar-refractivity contribution in [2.24, 2.45) is 7.05 Å². The molecule has 0 atom stereocenters. The van der Waals surface area contributed by atoms with Gasteiger partial charge in [-0.2, -0.15) is 10.5 Å². The number of rotatable bonds is 3. The first-order chi connectivity index (χ1) is 11.6. The lowest BCUT2D eigenvalue weighted by Crippen LogP contribution is -1.96. The summed E-state index contributed by atoms with van der Waals surface area (Å²) in [5, 5.41) is 27.7. The zero-order valence-corrected chi connectivity index (χ0v) is 14.0. The van der Waals surface area contributed by atoms with E-state index in [1.165, 1.54) is 11.8 Å². The Morgan fingerprint density at radius 1 is 1.00 bits per heavy atom. The first-order valence-electron chi connectivity index (χ1n) is 7.21. The molecule has 0 N–H and O–H groups in total. The highest BCUT2D eigenvalue weighted by Crippen LogP contribution is 2.33. The fraction of sp³-hybridized carbons (Fsp3) is 0.111. The Balaban J connectivity index is 2.03. The second-order valence-electron chi connectivity index (χ2n) is 5.24. The lowest BCUT2D eigenvalue weighted by Gasteiger charge is -2.07. The molecule has 0 amide bonds. The van der Waals surface area contributed by atoms with Crippen molar-refractivity contribution in [2.45, 2.75) is 17.0 Å². The van der Waals surface area contributed by atoms with Gasteiger partial charge < -0.3 is 4.57 Å². The average Bonchev–Trinajstić information content (AvgIpc) is 2.96. The van der Waals surface area contributed by atoms with Gasteiger partial charge in [-0.25, -0.2) is 0 Å². The molecule has 0 saturated carbocycles. The normalized spacial score (nSPS) is 10.2. The van der Waals surface area contributed by atoms with E-state index in [0.717, 1.165) is 17.0 Å². The Morgan fingerprint density at radius 2 is 1.67 bits per heavy atom. The summed E-state index contributed by atoms with van der Waals surface area (Å²) in [4.78, 5) is 0.605. The summed E-state index contributed by atoms with van der Waals surface area (Å²) in [5.74, 6) is 0.745. The van der Waals surface area contributed by atoms with Crippen LogP contribution < -0.4 is 0 Å². The maximum atomic E-state index is 9.28. The van der Waals surface area contributed by atoms with Gasteiger partial charge in [-0.3, -0.25) is 0 Å². The Bertz CT molecular complexity index is 959. The van der Waals surface area contributed by atoms with E-state index in [4.69, 9.17) is 0 Å². The smallest absolute Gasteiger partial charge is 0.196 e. The highest BCUT2D eigenvalue weighted by molar-refractivity contribution is 7.99. The van der Waals surface area contributed by atoms with Crippen molar-refractivity contribution >= 4 is 11.8 Å². The molecule has 0 spiro atoms. The number of benzene rings is 2. The van der Waals surface area contributed by atoms with Gasteiger partial charge >= 0.3 is 0 Å². The maximum Gasteiger partial charge on any atom is 0.196 e.